The summed E-state index contributed by atoms with van der Waals surface area (Å²) in [4.78, 5) is 37.4. The molecule has 0 amide bonds. The third-order valence-corrected chi connectivity index (χ3v) is 2.20. The van der Waals surface area contributed by atoms with Crippen LogP contribution in [0.15, 0.2) is 42.9 Å². The lowest BCUT2D eigenvalue weighted by Crippen LogP contribution is -1.85. The number of H-pyrrole nitrogens is 1. The van der Waals surface area contributed by atoms with Crippen molar-refractivity contribution in [3.8, 4) is 11.5 Å². The van der Waals surface area contributed by atoms with Gasteiger partial charge in [0.15, 0.2) is 5.82 Å². The number of phosphoric acid groups is 1. The number of nitrogens with one attached hydrogen (secondary N) is 1. The minimum Gasteiger partial charge on any atom is -0.337 e. The highest BCUT2D eigenvalue weighted by Gasteiger charge is 2.04. The molecule has 0 aliphatic rings. The molecule has 8 nitrogen and oxygen atoms in total. The predicted octanol–water partition coefficient (Wildman–Crippen LogP) is 1.09. The zero-order valence-electron chi connectivity index (χ0n) is 10.1. The molecule has 0 radical (unpaired) electrons. The number of rotatable bonds is 1. The zero-order valence-corrected chi connectivity index (χ0v) is 11.0. The second-order valence-electron chi connectivity index (χ2n) is 3.71. The summed E-state index contributed by atoms with van der Waals surface area (Å²) in [6.45, 7) is 0. The summed E-state index contributed by atoms with van der Waals surface area (Å²) < 4.78 is 8.88. The average molecular weight is 294 g/mol. The Hall–Kier alpha value is -2.12. The number of fused-ring (bicyclic) bond motifs is 1. The van der Waals surface area contributed by atoms with Crippen LogP contribution in [-0.2, 0) is 4.57 Å². The Morgan fingerprint density at radius 2 is 1.80 bits per heavy atom. The lowest BCUT2D eigenvalue weighted by Gasteiger charge is -1.91. The molecule has 2 aromatic heterocycles. The molecule has 0 saturated carbocycles. The fourth-order valence-corrected chi connectivity index (χ4v) is 1.50. The fraction of sp³-hybridized carbons (Fsp3) is 0. The van der Waals surface area contributed by atoms with Crippen LogP contribution in [0.2, 0.25) is 0 Å². The van der Waals surface area contributed by atoms with Crippen LogP contribution in [0.4, 0.5) is 0 Å². The van der Waals surface area contributed by atoms with E-state index in [-0.39, 0.29) is 0 Å². The van der Waals surface area contributed by atoms with Crippen LogP contribution in [0.5, 0.6) is 0 Å². The molecule has 1 aromatic carbocycles. The molecule has 20 heavy (non-hydrogen) atoms. The lowest BCUT2D eigenvalue weighted by atomic mass is 10.3. The molecule has 0 fully saturated rings. The summed E-state index contributed by atoms with van der Waals surface area (Å²) in [7, 11) is -4.64. The highest BCUT2D eigenvalue weighted by atomic mass is 31.2. The van der Waals surface area contributed by atoms with E-state index in [1.54, 1.807) is 18.6 Å². The van der Waals surface area contributed by atoms with E-state index in [9.17, 15) is 0 Å². The topological polar surface area (TPSA) is 132 Å². The standard InChI is InChI=1S/C11H8N4.H3O4P/c1-2-4-9-8(3-1)14-11(15-9)10-7-12-5-6-13-10;1-5(2,3)4/h1-7H,(H,14,15);(H3,1,2,3,4). The third kappa shape index (κ3) is 4.22. The molecular weight excluding hydrogens is 283 g/mol. The normalized spacial score (nSPS) is 10.9. The van der Waals surface area contributed by atoms with Crippen molar-refractivity contribution in [2.45, 2.75) is 0 Å². The van der Waals surface area contributed by atoms with Crippen molar-refractivity contribution in [1.29, 1.82) is 0 Å². The van der Waals surface area contributed by atoms with Gasteiger partial charge in [0.2, 0.25) is 0 Å². The number of hydrogen-bond acceptors (Lipinski definition) is 4. The minimum absolute atomic E-state index is 0.754. The van der Waals surface area contributed by atoms with Gasteiger partial charge in [-0.05, 0) is 12.1 Å². The Morgan fingerprint density at radius 1 is 1.10 bits per heavy atom. The molecule has 3 aromatic rings. The van der Waals surface area contributed by atoms with Crippen LogP contribution < -0.4 is 0 Å². The van der Waals surface area contributed by atoms with E-state index in [4.69, 9.17) is 19.2 Å². The van der Waals surface area contributed by atoms with Gasteiger partial charge in [-0.25, -0.2) is 14.5 Å². The largest absolute Gasteiger partial charge is 0.466 e. The molecule has 0 spiro atoms. The van der Waals surface area contributed by atoms with Gasteiger partial charge in [0.05, 0.1) is 17.2 Å². The molecule has 0 saturated heterocycles. The van der Waals surface area contributed by atoms with Gasteiger partial charge in [0.1, 0.15) is 5.69 Å². The van der Waals surface area contributed by atoms with Gasteiger partial charge in [-0.1, -0.05) is 12.1 Å². The van der Waals surface area contributed by atoms with E-state index in [2.05, 4.69) is 19.9 Å². The molecule has 4 N–H and O–H groups in total. The summed E-state index contributed by atoms with van der Waals surface area (Å²) in [5.41, 5.74) is 2.71. The average Bonchev–Trinajstić information content (AvgIpc) is 2.81. The molecule has 0 bridgehead atoms. The molecule has 2 heterocycles. The van der Waals surface area contributed by atoms with Gasteiger partial charge in [-0.15, -0.1) is 0 Å². The molecule has 0 unspecified atom stereocenters. The first-order valence-electron chi connectivity index (χ1n) is 5.43. The molecular formula is C11H11N4O4P. The first-order chi connectivity index (χ1) is 9.43. The number of benzene rings is 1. The first-order valence-corrected chi connectivity index (χ1v) is 6.99. The van der Waals surface area contributed by atoms with Crippen LogP contribution in [0.3, 0.4) is 0 Å². The van der Waals surface area contributed by atoms with Crippen molar-refractivity contribution in [3.05, 3.63) is 42.9 Å². The van der Waals surface area contributed by atoms with Gasteiger partial charge in [0, 0.05) is 12.4 Å². The van der Waals surface area contributed by atoms with Crippen molar-refractivity contribution in [2.75, 3.05) is 0 Å². The smallest absolute Gasteiger partial charge is 0.337 e. The van der Waals surface area contributed by atoms with Crippen molar-refractivity contribution >= 4 is 18.9 Å². The van der Waals surface area contributed by atoms with Crippen LogP contribution in [0, 0.1) is 0 Å². The Bertz CT molecular complexity index is 699. The second-order valence-corrected chi connectivity index (χ2v) is 4.73. The summed E-state index contributed by atoms with van der Waals surface area (Å²) in [6, 6.07) is 7.89. The van der Waals surface area contributed by atoms with Gasteiger partial charge < -0.3 is 19.7 Å². The number of para-hydroxylation sites is 2. The first kappa shape index (κ1) is 14.3. The summed E-state index contributed by atoms with van der Waals surface area (Å²) in [5, 5.41) is 0. The van der Waals surface area contributed by atoms with Crippen LogP contribution >= 0.6 is 7.82 Å². The Kier molecular flexibility index (Phi) is 4.21. The minimum atomic E-state index is -4.64. The highest BCUT2D eigenvalue weighted by Crippen LogP contribution is 2.25. The number of aromatic amines is 1. The lowest BCUT2D eigenvalue weighted by molar-refractivity contribution is 0.275. The zero-order chi connectivity index (χ0) is 14.6. The van der Waals surface area contributed by atoms with Gasteiger partial charge >= 0.3 is 7.82 Å². The molecule has 9 heteroatoms. The van der Waals surface area contributed by atoms with E-state index >= 15 is 0 Å². The predicted molar refractivity (Wildman–Crippen MR) is 71.4 cm³/mol. The van der Waals surface area contributed by atoms with Crippen LogP contribution in [0.25, 0.3) is 22.6 Å². The maximum Gasteiger partial charge on any atom is 0.466 e. The summed E-state index contributed by atoms with van der Waals surface area (Å²) in [5.74, 6) is 0.754. The van der Waals surface area contributed by atoms with Gasteiger partial charge in [0.25, 0.3) is 0 Å². The Labute approximate surface area is 113 Å². The third-order valence-electron chi connectivity index (χ3n) is 2.20. The van der Waals surface area contributed by atoms with Crippen LogP contribution in [0.1, 0.15) is 0 Å². The molecule has 0 atom stereocenters. The fourth-order valence-electron chi connectivity index (χ4n) is 1.50. The van der Waals surface area contributed by atoms with E-state index in [0.29, 0.717) is 0 Å². The molecule has 104 valence electrons. The number of hydrogen-bond donors (Lipinski definition) is 4. The number of imidazole rings is 1. The summed E-state index contributed by atoms with van der Waals surface area (Å²) >= 11 is 0. The van der Waals surface area contributed by atoms with Gasteiger partial charge in [-0.2, -0.15) is 0 Å². The van der Waals surface area contributed by atoms with E-state index in [1.165, 1.54) is 0 Å². The SMILES string of the molecule is O=P(O)(O)O.c1ccc2[nH]c(-c3cnccn3)nc2c1. The second kappa shape index (κ2) is 5.89. The van der Waals surface area contributed by atoms with Crippen LogP contribution in [-0.4, -0.2) is 34.6 Å². The summed E-state index contributed by atoms with van der Waals surface area (Å²) in [6.07, 6.45) is 4.99. The van der Waals surface area contributed by atoms with Crippen molar-refractivity contribution in [2.24, 2.45) is 0 Å². The highest BCUT2D eigenvalue weighted by molar-refractivity contribution is 7.45. The van der Waals surface area contributed by atoms with E-state index in [0.717, 1.165) is 22.6 Å². The van der Waals surface area contributed by atoms with Crippen molar-refractivity contribution < 1.29 is 19.2 Å². The number of aromatic nitrogens is 4. The van der Waals surface area contributed by atoms with Gasteiger partial charge in [-0.3, -0.25) is 4.98 Å². The van der Waals surface area contributed by atoms with Crippen molar-refractivity contribution in [1.82, 2.24) is 19.9 Å². The Balaban J connectivity index is 0.000000257. The van der Waals surface area contributed by atoms with Crippen molar-refractivity contribution in [3.63, 3.8) is 0 Å². The monoisotopic (exact) mass is 294 g/mol. The maximum absolute atomic E-state index is 8.88. The molecule has 3 rings (SSSR count). The number of nitrogens with zero attached hydrogens (tertiary/aromatic N) is 3. The Morgan fingerprint density at radius 3 is 2.40 bits per heavy atom. The van der Waals surface area contributed by atoms with E-state index < -0.39 is 7.82 Å². The molecule has 0 aliphatic carbocycles. The van der Waals surface area contributed by atoms with E-state index in [1.807, 2.05) is 24.3 Å². The quantitative estimate of drug-likeness (QED) is 0.494. The maximum atomic E-state index is 8.88. The molecule has 0 aliphatic heterocycles.